The van der Waals surface area contributed by atoms with E-state index in [9.17, 15) is 9.18 Å². The highest BCUT2D eigenvalue weighted by Crippen LogP contribution is 2.07. The quantitative estimate of drug-likeness (QED) is 0.725. The van der Waals surface area contributed by atoms with Gasteiger partial charge in [0.25, 0.3) is 5.91 Å². The molecule has 15 heavy (non-hydrogen) atoms. The average Bonchev–Trinajstić information content (AvgIpc) is 2.74. The van der Waals surface area contributed by atoms with Gasteiger partial charge >= 0.3 is 0 Å². The van der Waals surface area contributed by atoms with Gasteiger partial charge in [-0.1, -0.05) is 0 Å². The van der Waals surface area contributed by atoms with Gasteiger partial charge in [0.15, 0.2) is 0 Å². The Bertz CT molecular complexity index is 451. The van der Waals surface area contributed by atoms with Gasteiger partial charge in [0.2, 0.25) is 5.95 Å². The van der Waals surface area contributed by atoms with E-state index in [0.717, 1.165) is 0 Å². The Morgan fingerprint density at radius 3 is 2.87 bits per heavy atom. The highest BCUT2D eigenvalue weighted by atomic mass is 19.1. The number of carbonyl (C=O) groups is 1. The molecule has 2 rings (SSSR count). The zero-order valence-corrected chi connectivity index (χ0v) is 7.57. The summed E-state index contributed by atoms with van der Waals surface area (Å²) < 4.78 is 12.5. The number of aromatic nitrogens is 3. The van der Waals surface area contributed by atoms with E-state index in [1.807, 2.05) is 0 Å². The number of nitrogens with zero attached hydrogens (tertiary/aromatic N) is 2. The Morgan fingerprint density at radius 2 is 2.27 bits per heavy atom. The molecule has 0 atom stereocenters. The van der Waals surface area contributed by atoms with E-state index in [1.54, 1.807) is 0 Å². The van der Waals surface area contributed by atoms with Gasteiger partial charge in [-0.3, -0.25) is 9.89 Å². The maximum atomic E-state index is 12.5. The number of halogens is 1. The molecule has 2 aromatic rings. The smallest absolute Gasteiger partial charge is 0.258 e. The highest BCUT2D eigenvalue weighted by molar-refractivity contribution is 6.03. The summed E-state index contributed by atoms with van der Waals surface area (Å²) >= 11 is 0. The molecule has 6 heteroatoms. The van der Waals surface area contributed by atoms with Crippen molar-refractivity contribution in [1.29, 1.82) is 0 Å². The molecule has 1 amide bonds. The Hall–Kier alpha value is -2.24. The molecule has 5 nitrogen and oxygen atoms in total. The number of carbonyl (C=O) groups excluding carboxylic acids is 1. The number of pyridine rings is 1. The van der Waals surface area contributed by atoms with Crippen molar-refractivity contribution in [2.75, 3.05) is 5.32 Å². The van der Waals surface area contributed by atoms with Crippen molar-refractivity contribution in [2.24, 2.45) is 0 Å². The lowest BCUT2D eigenvalue weighted by Crippen LogP contribution is -2.11. The van der Waals surface area contributed by atoms with Crippen molar-refractivity contribution in [1.82, 2.24) is 15.2 Å². The standard InChI is InChI=1S/C9H7FN4O/c10-8-2-1-7(5-11-8)14-9(15)6-3-12-13-4-6/h1-5H,(H,12,13)(H,14,15). The predicted octanol–water partition coefficient (Wildman–Crippen LogP) is 1.20. The van der Waals surface area contributed by atoms with Crippen LogP contribution in [-0.4, -0.2) is 21.1 Å². The van der Waals surface area contributed by atoms with Crippen molar-refractivity contribution in [3.05, 3.63) is 42.2 Å². The number of nitrogens with one attached hydrogen (secondary N) is 2. The molecule has 0 saturated carbocycles. The van der Waals surface area contributed by atoms with Crippen LogP contribution in [0.1, 0.15) is 10.4 Å². The second kappa shape index (κ2) is 3.87. The van der Waals surface area contributed by atoms with Crippen molar-refractivity contribution >= 4 is 11.6 Å². The molecule has 0 spiro atoms. The van der Waals surface area contributed by atoms with Gasteiger partial charge in [0.1, 0.15) is 0 Å². The van der Waals surface area contributed by atoms with Gasteiger partial charge in [0, 0.05) is 6.20 Å². The minimum absolute atomic E-state index is 0.322. The number of hydrogen-bond acceptors (Lipinski definition) is 3. The molecule has 0 radical (unpaired) electrons. The van der Waals surface area contributed by atoms with Gasteiger partial charge in [-0.15, -0.1) is 0 Å². The second-order valence-corrected chi connectivity index (χ2v) is 2.81. The molecule has 0 bridgehead atoms. The second-order valence-electron chi connectivity index (χ2n) is 2.81. The van der Waals surface area contributed by atoms with E-state index in [2.05, 4.69) is 20.5 Å². The van der Waals surface area contributed by atoms with E-state index in [0.29, 0.717) is 11.3 Å². The molecule has 0 aromatic carbocycles. The van der Waals surface area contributed by atoms with Crippen molar-refractivity contribution in [2.45, 2.75) is 0 Å². The highest BCUT2D eigenvalue weighted by Gasteiger charge is 2.06. The first-order valence-electron chi connectivity index (χ1n) is 4.17. The summed E-state index contributed by atoms with van der Waals surface area (Å²) in [7, 11) is 0. The Balaban J connectivity index is 2.09. The van der Waals surface area contributed by atoms with Crippen LogP contribution in [0.2, 0.25) is 0 Å². The van der Waals surface area contributed by atoms with E-state index in [-0.39, 0.29) is 5.91 Å². The van der Waals surface area contributed by atoms with Crippen molar-refractivity contribution in [3.63, 3.8) is 0 Å². The summed E-state index contributed by atoms with van der Waals surface area (Å²) in [6.07, 6.45) is 4.10. The lowest BCUT2D eigenvalue weighted by Gasteiger charge is -2.01. The van der Waals surface area contributed by atoms with Crippen LogP contribution in [0, 0.1) is 5.95 Å². The maximum Gasteiger partial charge on any atom is 0.258 e. The van der Waals surface area contributed by atoms with Gasteiger partial charge in [-0.05, 0) is 12.1 Å². The van der Waals surface area contributed by atoms with Crippen molar-refractivity contribution < 1.29 is 9.18 Å². The van der Waals surface area contributed by atoms with E-state index in [4.69, 9.17) is 0 Å². The summed E-state index contributed by atoms with van der Waals surface area (Å²) in [6, 6.07) is 2.60. The van der Waals surface area contributed by atoms with Crippen LogP contribution in [0.4, 0.5) is 10.1 Å². The van der Waals surface area contributed by atoms with Crippen LogP contribution in [0.3, 0.4) is 0 Å². The monoisotopic (exact) mass is 206 g/mol. The predicted molar refractivity (Wildman–Crippen MR) is 50.7 cm³/mol. The lowest BCUT2D eigenvalue weighted by atomic mass is 10.3. The molecule has 2 aromatic heterocycles. The molecular weight excluding hydrogens is 199 g/mol. The fourth-order valence-corrected chi connectivity index (χ4v) is 1.03. The van der Waals surface area contributed by atoms with Crippen LogP contribution >= 0.6 is 0 Å². The summed E-state index contributed by atoms with van der Waals surface area (Å²) in [5.74, 6) is -0.909. The summed E-state index contributed by atoms with van der Waals surface area (Å²) in [5.41, 5.74) is 0.835. The largest absolute Gasteiger partial charge is 0.320 e. The molecule has 0 aliphatic carbocycles. The van der Waals surface area contributed by atoms with E-state index < -0.39 is 5.95 Å². The fourth-order valence-electron chi connectivity index (χ4n) is 1.03. The van der Waals surface area contributed by atoms with Crippen LogP contribution in [-0.2, 0) is 0 Å². The minimum Gasteiger partial charge on any atom is -0.320 e. The van der Waals surface area contributed by atoms with Crippen molar-refractivity contribution in [3.8, 4) is 0 Å². The van der Waals surface area contributed by atoms with Gasteiger partial charge in [-0.2, -0.15) is 9.49 Å². The molecule has 0 fully saturated rings. The third-order valence-corrected chi connectivity index (χ3v) is 1.75. The Kier molecular flexibility index (Phi) is 2.40. The first-order chi connectivity index (χ1) is 7.25. The number of aromatic amines is 1. The lowest BCUT2D eigenvalue weighted by molar-refractivity contribution is 0.102. The van der Waals surface area contributed by atoms with Crippen LogP contribution in [0.15, 0.2) is 30.7 Å². The average molecular weight is 206 g/mol. The molecular formula is C9H7FN4O. The van der Waals surface area contributed by atoms with Crippen LogP contribution in [0.25, 0.3) is 0 Å². The van der Waals surface area contributed by atoms with Gasteiger partial charge in [-0.25, -0.2) is 4.98 Å². The number of amides is 1. The maximum absolute atomic E-state index is 12.5. The molecule has 2 heterocycles. The third-order valence-electron chi connectivity index (χ3n) is 1.75. The van der Waals surface area contributed by atoms with E-state index >= 15 is 0 Å². The zero-order chi connectivity index (χ0) is 10.7. The number of hydrogen-bond donors (Lipinski definition) is 2. The zero-order valence-electron chi connectivity index (χ0n) is 7.57. The molecule has 2 N–H and O–H groups in total. The first-order valence-corrected chi connectivity index (χ1v) is 4.17. The Morgan fingerprint density at radius 1 is 1.40 bits per heavy atom. The summed E-state index contributed by atoms with van der Waals surface area (Å²) in [5, 5.41) is 8.70. The third kappa shape index (κ3) is 2.16. The molecule has 76 valence electrons. The van der Waals surface area contributed by atoms with Gasteiger partial charge < -0.3 is 5.32 Å². The minimum atomic E-state index is -0.587. The molecule has 0 aliphatic rings. The SMILES string of the molecule is O=C(Nc1ccc(F)nc1)c1cn[nH]c1. The molecule has 0 unspecified atom stereocenters. The fraction of sp³-hybridized carbons (Fsp3) is 0. The number of rotatable bonds is 2. The normalized spacial score (nSPS) is 9.93. The molecule has 0 saturated heterocycles. The topological polar surface area (TPSA) is 70.7 Å². The number of anilines is 1. The first kappa shape index (κ1) is 9.32. The number of H-pyrrole nitrogens is 1. The van der Waals surface area contributed by atoms with Crippen LogP contribution in [0.5, 0.6) is 0 Å². The summed E-state index contributed by atoms with van der Waals surface area (Å²) in [6.45, 7) is 0. The molecule has 0 aliphatic heterocycles. The summed E-state index contributed by atoms with van der Waals surface area (Å²) in [4.78, 5) is 14.9. The Labute approximate surface area is 84.3 Å². The van der Waals surface area contributed by atoms with Crippen LogP contribution < -0.4 is 5.32 Å². The van der Waals surface area contributed by atoms with E-state index in [1.165, 1.54) is 30.7 Å². The van der Waals surface area contributed by atoms with Gasteiger partial charge in [0.05, 0.1) is 23.6 Å².